The number of aryl methyl sites for hydroxylation is 1. The number of hydrogen-bond donors (Lipinski definition) is 1. The van der Waals surface area contributed by atoms with E-state index in [0.29, 0.717) is 11.1 Å². The molecular formula is C23H24N2O5. The summed E-state index contributed by atoms with van der Waals surface area (Å²) in [5.74, 6) is -2.28. The van der Waals surface area contributed by atoms with Crippen LogP contribution in [0.3, 0.4) is 0 Å². The maximum absolute atomic E-state index is 12.5. The average Bonchev–Trinajstić information content (AvgIpc) is 2.75. The molecule has 3 amide bonds. The largest absolute Gasteiger partial charge is 0.454 e. The molecule has 0 aromatic heterocycles. The Labute approximate surface area is 175 Å². The van der Waals surface area contributed by atoms with Crippen molar-refractivity contribution in [3.8, 4) is 0 Å². The summed E-state index contributed by atoms with van der Waals surface area (Å²) in [5, 5.41) is 2.76. The topological polar surface area (TPSA) is 92.8 Å². The molecule has 2 aromatic carbocycles. The van der Waals surface area contributed by atoms with Crippen LogP contribution in [0.4, 0.5) is 0 Å². The van der Waals surface area contributed by atoms with Crippen molar-refractivity contribution in [1.82, 2.24) is 10.2 Å². The predicted molar refractivity (Wildman–Crippen MR) is 110 cm³/mol. The third-order valence-corrected chi connectivity index (χ3v) is 5.05. The van der Waals surface area contributed by atoms with E-state index < -0.39 is 36.8 Å². The minimum atomic E-state index is -0.814. The Hall–Kier alpha value is -3.48. The Morgan fingerprint density at radius 2 is 1.80 bits per heavy atom. The average molecular weight is 408 g/mol. The van der Waals surface area contributed by atoms with Gasteiger partial charge in [0.15, 0.2) is 6.61 Å². The van der Waals surface area contributed by atoms with Crippen molar-refractivity contribution in [1.29, 1.82) is 0 Å². The van der Waals surface area contributed by atoms with Crippen molar-refractivity contribution in [2.24, 2.45) is 0 Å². The van der Waals surface area contributed by atoms with Gasteiger partial charge in [0.2, 0.25) is 5.91 Å². The summed E-state index contributed by atoms with van der Waals surface area (Å²) in [6.07, 6.45) is 0.981. The zero-order chi connectivity index (χ0) is 21.7. The van der Waals surface area contributed by atoms with E-state index in [1.54, 1.807) is 24.3 Å². The summed E-state index contributed by atoms with van der Waals surface area (Å²) < 4.78 is 4.97. The molecule has 1 aliphatic heterocycles. The quantitative estimate of drug-likeness (QED) is 0.560. The Morgan fingerprint density at radius 1 is 1.10 bits per heavy atom. The lowest BCUT2D eigenvalue weighted by molar-refractivity contribution is -0.151. The van der Waals surface area contributed by atoms with E-state index in [9.17, 15) is 19.2 Å². The third kappa shape index (κ3) is 4.92. The molecule has 1 aliphatic rings. The number of amides is 3. The molecule has 1 N–H and O–H groups in total. The maximum atomic E-state index is 12.5. The summed E-state index contributed by atoms with van der Waals surface area (Å²) in [5.41, 5.74) is 3.17. The van der Waals surface area contributed by atoms with Crippen LogP contribution in [0.1, 0.15) is 46.9 Å². The second-order valence-electron chi connectivity index (χ2n) is 7.16. The van der Waals surface area contributed by atoms with Crippen molar-refractivity contribution in [2.75, 3.05) is 13.2 Å². The molecule has 0 spiro atoms. The van der Waals surface area contributed by atoms with E-state index in [1.807, 2.05) is 31.2 Å². The van der Waals surface area contributed by atoms with Gasteiger partial charge in [0.1, 0.15) is 6.54 Å². The van der Waals surface area contributed by atoms with Crippen molar-refractivity contribution < 1.29 is 23.9 Å². The highest BCUT2D eigenvalue weighted by Crippen LogP contribution is 2.19. The highest BCUT2D eigenvalue weighted by molar-refractivity contribution is 6.11. The molecule has 0 aliphatic carbocycles. The number of nitrogens with one attached hydrogen (secondary N) is 1. The molecule has 156 valence electrons. The molecule has 3 rings (SSSR count). The van der Waals surface area contributed by atoms with Gasteiger partial charge in [0.25, 0.3) is 11.8 Å². The fourth-order valence-corrected chi connectivity index (χ4v) is 3.29. The first-order valence-corrected chi connectivity index (χ1v) is 9.85. The molecule has 0 saturated heterocycles. The fraction of sp³-hybridized carbons (Fsp3) is 0.304. The van der Waals surface area contributed by atoms with Crippen LogP contribution in [0.15, 0.2) is 48.5 Å². The van der Waals surface area contributed by atoms with E-state index >= 15 is 0 Å². The van der Waals surface area contributed by atoms with Crippen LogP contribution in [-0.4, -0.2) is 41.7 Å². The predicted octanol–water partition coefficient (Wildman–Crippen LogP) is 2.19. The minimum Gasteiger partial charge on any atom is -0.454 e. The van der Waals surface area contributed by atoms with Gasteiger partial charge in [-0.05, 0) is 36.1 Å². The van der Waals surface area contributed by atoms with Crippen LogP contribution in [0, 0.1) is 0 Å². The summed E-state index contributed by atoms with van der Waals surface area (Å²) in [7, 11) is 0. The third-order valence-electron chi connectivity index (χ3n) is 5.05. The van der Waals surface area contributed by atoms with Gasteiger partial charge in [-0.2, -0.15) is 0 Å². The molecule has 1 heterocycles. The van der Waals surface area contributed by atoms with Gasteiger partial charge in [0, 0.05) is 5.56 Å². The lowest BCUT2D eigenvalue weighted by Gasteiger charge is -2.25. The zero-order valence-corrected chi connectivity index (χ0v) is 17.0. The molecular weight excluding hydrogens is 384 g/mol. The number of benzene rings is 2. The van der Waals surface area contributed by atoms with E-state index in [-0.39, 0.29) is 12.5 Å². The van der Waals surface area contributed by atoms with Gasteiger partial charge in [-0.3, -0.25) is 24.1 Å². The SMILES string of the molecule is CCc1ccc([C@@H](C)NC(=O)COC(=O)CN2C(=O)Cc3ccccc3C2=O)cc1. The molecule has 7 heteroatoms. The molecule has 0 fully saturated rings. The van der Waals surface area contributed by atoms with E-state index in [1.165, 1.54) is 5.56 Å². The minimum absolute atomic E-state index is 0.0457. The summed E-state index contributed by atoms with van der Waals surface area (Å²) in [6.45, 7) is 2.90. The number of hydrogen-bond acceptors (Lipinski definition) is 5. The van der Waals surface area contributed by atoms with Crippen molar-refractivity contribution in [3.05, 3.63) is 70.8 Å². The van der Waals surface area contributed by atoms with Crippen molar-refractivity contribution >= 4 is 23.7 Å². The monoisotopic (exact) mass is 408 g/mol. The second-order valence-corrected chi connectivity index (χ2v) is 7.16. The smallest absolute Gasteiger partial charge is 0.326 e. The molecule has 1 atom stereocenters. The van der Waals surface area contributed by atoms with Gasteiger partial charge >= 0.3 is 5.97 Å². The lowest BCUT2D eigenvalue weighted by Crippen LogP contribution is -2.45. The summed E-state index contributed by atoms with van der Waals surface area (Å²) >= 11 is 0. The summed E-state index contributed by atoms with van der Waals surface area (Å²) in [4.78, 5) is 49.7. The lowest BCUT2D eigenvalue weighted by atomic mass is 9.98. The Balaban J connectivity index is 1.50. The van der Waals surface area contributed by atoms with Gasteiger partial charge < -0.3 is 10.1 Å². The fourth-order valence-electron chi connectivity index (χ4n) is 3.29. The molecule has 30 heavy (non-hydrogen) atoms. The highest BCUT2D eigenvalue weighted by Gasteiger charge is 2.32. The summed E-state index contributed by atoms with van der Waals surface area (Å²) in [6, 6.07) is 14.4. The number of nitrogens with zero attached hydrogens (tertiary/aromatic N) is 1. The van der Waals surface area contributed by atoms with Gasteiger partial charge in [-0.1, -0.05) is 49.4 Å². The number of carbonyl (C=O) groups is 4. The highest BCUT2D eigenvalue weighted by atomic mass is 16.5. The number of fused-ring (bicyclic) bond motifs is 1. The zero-order valence-electron chi connectivity index (χ0n) is 17.0. The van der Waals surface area contributed by atoms with Crippen LogP contribution >= 0.6 is 0 Å². The number of ether oxygens (including phenoxy) is 1. The number of carbonyl (C=O) groups excluding carboxylic acids is 4. The van der Waals surface area contributed by atoms with Crippen LogP contribution < -0.4 is 5.32 Å². The first-order chi connectivity index (χ1) is 14.4. The normalized spacial score (nSPS) is 14.1. The first-order valence-electron chi connectivity index (χ1n) is 9.85. The molecule has 0 bridgehead atoms. The number of rotatable bonds is 7. The molecule has 7 nitrogen and oxygen atoms in total. The van der Waals surface area contributed by atoms with Crippen LogP contribution in [0.25, 0.3) is 0 Å². The molecule has 2 aromatic rings. The number of esters is 1. The Morgan fingerprint density at radius 3 is 2.50 bits per heavy atom. The van der Waals surface area contributed by atoms with Crippen LogP contribution in [-0.2, 0) is 32.0 Å². The molecule has 0 saturated carbocycles. The van der Waals surface area contributed by atoms with Crippen molar-refractivity contribution in [3.63, 3.8) is 0 Å². The van der Waals surface area contributed by atoms with E-state index in [4.69, 9.17) is 4.74 Å². The van der Waals surface area contributed by atoms with Gasteiger partial charge in [-0.25, -0.2) is 0 Å². The van der Waals surface area contributed by atoms with Crippen LogP contribution in [0.5, 0.6) is 0 Å². The number of imide groups is 1. The standard InChI is InChI=1S/C23H24N2O5/c1-3-16-8-10-17(11-9-16)15(2)24-20(26)14-30-22(28)13-25-21(27)12-18-6-4-5-7-19(18)23(25)29/h4-11,15H,3,12-14H2,1-2H3,(H,24,26)/t15-/m1/s1. The Bertz CT molecular complexity index is 968. The van der Waals surface area contributed by atoms with Gasteiger partial charge in [-0.15, -0.1) is 0 Å². The van der Waals surface area contributed by atoms with Crippen molar-refractivity contribution in [2.45, 2.75) is 32.7 Å². The van der Waals surface area contributed by atoms with Crippen LogP contribution in [0.2, 0.25) is 0 Å². The van der Waals surface area contributed by atoms with E-state index in [2.05, 4.69) is 12.2 Å². The molecule has 0 radical (unpaired) electrons. The Kier molecular flexibility index (Phi) is 6.61. The van der Waals surface area contributed by atoms with E-state index in [0.717, 1.165) is 16.9 Å². The maximum Gasteiger partial charge on any atom is 0.326 e. The second kappa shape index (κ2) is 9.35. The first kappa shape index (κ1) is 21.2. The van der Waals surface area contributed by atoms with Gasteiger partial charge in [0.05, 0.1) is 12.5 Å². The molecule has 0 unspecified atom stereocenters.